The lowest BCUT2D eigenvalue weighted by Crippen LogP contribution is -2.53. The number of rotatable bonds is 3. The second kappa shape index (κ2) is 6.71. The standard InChI is InChI=1S/C20H20N2O2/c1-14(2)18-19(23)21-17(15-9-5-3-6-10-15)13-22(18)20(24)16-11-7-4-8-12-16/h3-14,18H,1-2H3,(H,21,23)/t18-/m0/s1. The van der Waals surface area contributed by atoms with Gasteiger partial charge in [0.25, 0.3) is 5.91 Å². The van der Waals surface area contributed by atoms with E-state index in [0.717, 1.165) is 5.56 Å². The van der Waals surface area contributed by atoms with E-state index >= 15 is 0 Å². The number of amides is 2. The molecule has 1 N–H and O–H groups in total. The van der Waals surface area contributed by atoms with Gasteiger partial charge in [-0.1, -0.05) is 62.4 Å². The van der Waals surface area contributed by atoms with Crippen molar-refractivity contribution in [2.75, 3.05) is 0 Å². The SMILES string of the molecule is CC(C)[C@H]1C(=O)NC(c2ccccc2)=CN1C(=O)c1ccccc1. The smallest absolute Gasteiger partial charge is 0.258 e. The highest BCUT2D eigenvalue weighted by Crippen LogP contribution is 2.24. The summed E-state index contributed by atoms with van der Waals surface area (Å²) in [5.41, 5.74) is 2.09. The fourth-order valence-corrected chi connectivity index (χ4v) is 2.89. The molecule has 122 valence electrons. The van der Waals surface area contributed by atoms with Crippen LogP contribution in [-0.4, -0.2) is 22.8 Å². The van der Waals surface area contributed by atoms with E-state index in [2.05, 4.69) is 5.32 Å². The first kappa shape index (κ1) is 16.0. The van der Waals surface area contributed by atoms with Gasteiger partial charge in [-0.25, -0.2) is 0 Å². The molecule has 0 saturated carbocycles. The highest BCUT2D eigenvalue weighted by molar-refractivity contribution is 6.02. The summed E-state index contributed by atoms with van der Waals surface area (Å²) in [6.45, 7) is 3.88. The van der Waals surface area contributed by atoms with Gasteiger partial charge in [0.1, 0.15) is 6.04 Å². The average molecular weight is 320 g/mol. The van der Waals surface area contributed by atoms with Gasteiger partial charge < -0.3 is 10.2 Å². The summed E-state index contributed by atoms with van der Waals surface area (Å²) < 4.78 is 0. The second-order valence-corrected chi connectivity index (χ2v) is 6.17. The van der Waals surface area contributed by atoms with Gasteiger partial charge in [-0.05, 0) is 23.6 Å². The van der Waals surface area contributed by atoms with Gasteiger partial charge >= 0.3 is 0 Å². The fourth-order valence-electron chi connectivity index (χ4n) is 2.89. The quantitative estimate of drug-likeness (QED) is 0.943. The summed E-state index contributed by atoms with van der Waals surface area (Å²) in [7, 11) is 0. The van der Waals surface area contributed by atoms with Crippen LogP contribution in [0.2, 0.25) is 0 Å². The average Bonchev–Trinajstić information content (AvgIpc) is 2.61. The minimum Gasteiger partial charge on any atom is -0.322 e. The van der Waals surface area contributed by atoms with Crippen molar-refractivity contribution >= 4 is 17.5 Å². The van der Waals surface area contributed by atoms with Crippen LogP contribution in [0.1, 0.15) is 29.8 Å². The van der Waals surface area contributed by atoms with Crippen molar-refractivity contribution in [3.05, 3.63) is 78.0 Å². The minimum atomic E-state index is -0.523. The van der Waals surface area contributed by atoms with Crippen molar-refractivity contribution in [2.45, 2.75) is 19.9 Å². The van der Waals surface area contributed by atoms with Crippen molar-refractivity contribution in [2.24, 2.45) is 5.92 Å². The van der Waals surface area contributed by atoms with Crippen LogP contribution in [-0.2, 0) is 4.79 Å². The lowest BCUT2D eigenvalue weighted by atomic mass is 9.98. The molecule has 4 nitrogen and oxygen atoms in total. The first-order valence-corrected chi connectivity index (χ1v) is 8.04. The Hall–Kier alpha value is -2.88. The topological polar surface area (TPSA) is 49.4 Å². The molecule has 0 radical (unpaired) electrons. The molecule has 4 heteroatoms. The van der Waals surface area contributed by atoms with Crippen LogP contribution in [0.25, 0.3) is 5.70 Å². The normalized spacial score (nSPS) is 17.5. The van der Waals surface area contributed by atoms with Crippen LogP contribution in [0, 0.1) is 5.92 Å². The number of carbonyl (C=O) groups excluding carboxylic acids is 2. The molecule has 0 aromatic heterocycles. The maximum absolute atomic E-state index is 12.9. The van der Waals surface area contributed by atoms with Crippen molar-refractivity contribution in [3.8, 4) is 0 Å². The van der Waals surface area contributed by atoms with Crippen molar-refractivity contribution < 1.29 is 9.59 Å². The molecule has 0 fully saturated rings. The van der Waals surface area contributed by atoms with E-state index in [-0.39, 0.29) is 17.7 Å². The van der Waals surface area contributed by atoms with Gasteiger partial charge in [0.05, 0.1) is 5.70 Å². The number of hydrogen-bond donors (Lipinski definition) is 1. The van der Waals surface area contributed by atoms with Gasteiger partial charge in [-0.3, -0.25) is 9.59 Å². The molecule has 0 saturated heterocycles. The third kappa shape index (κ3) is 3.08. The highest BCUT2D eigenvalue weighted by atomic mass is 16.2. The lowest BCUT2D eigenvalue weighted by Gasteiger charge is -2.35. The zero-order valence-corrected chi connectivity index (χ0v) is 13.8. The molecular formula is C20H20N2O2. The van der Waals surface area contributed by atoms with Gasteiger partial charge in [0.15, 0.2) is 0 Å². The molecule has 2 amide bonds. The Labute approximate surface area is 141 Å². The number of carbonyl (C=O) groups is 2. The predicted molar refractivity (Wildman–Crippen MR) is 93.8 cm³/mol. The van der Waals surface area contributed by atoms with Crippen molar-refractivity contribution in [3.63, 3.8) is 0 Å². The van der Waals surface area contributed by atoms with E-state index in [0.29, 0.717) is 11.3 Å². The Morgan fingerprint density at radius 1 is 1.00 bits per heavy atom. The van der Waals surface area contributed by atoms with E-state index in [9.17, 15) is 9.59 Å². The Balaban J connectivity index is 2.03. The second-order valence-electron chi connectivity index (χ2n) is 6.17. The maximum Gasteiger partial charge on any atom is 0.258 e. The summed E-state index contributed by atoms with van der Waals surface area (Å²) in [6.07, 6.45) is 1.75. The molecule has 1 aliphatic heterocycles. The maximum atomic E-state index is 12.9. The monoisotopic (exact) mass is 320 g/mol. The van der Waals surface area contributed by atoms with Gasteiger partial charge in [-0.15, -0.1) is 0 Å². The molecule has 1 aliphatic rings. The highest BCUT2D eigenvalue weighted by Gasteiger charge is 2.36. The molecule has 24 heavy (non-hydrogen) atoms. The molecular weight excluding hydrogens is 300 g/mol. The third-order valence-electron chi connectivity index (χ3n) is 4.07. The van der Waals surface area contributed by atoms with E-state index in [4.69, 9.17) is 0 Å². The van der Waals surface area contributed by atoms with E-state index in [1.165, 1.54) is 0 Å². The molecule has 2 aromatic carbocycles. The molecule has 0 bridgehead atoms. The van der Waals surface area contributed by atoms with Gasteiger partial charge in [0, 0.05) is 11.8 Å². The Kier molecular flexibility index (Phi) is 4.47. The molecule has 3 rings (SSSR count). The summed E-state index contributed by atoms with van der Waals surface area (Å²) in [4.78, 5) is 27.1. The molecule has 0 spiro atoms. The van der Waals surface area contributed by atoms with Crippen molar-refractivity contribution in [1.29, 1.82) is 0 Å². The number of nitrogens with one attached hydrogen (secondary N) is 1. The van der Waals surface area contributed by atoms with Crippen LogP contribution in [0.5, 0.6) is 0 Å². The van der Waals surface area contributed by atoms with Crippen LogP contribution >= 0.6 is 0 Å². The fraction of sp³-hybridized carbons (Fsp3) is 0.200. The minimum absolute atomic E-state index is 0.00577. The van der Waals surface area contributed by atoms with E-state index in [1.807, 2.05) is 62.4 Å². The number of nitrogens with zero attached hydrogens (tertiary/aromatic N) is 1. The van der Waals surface area contributed by atoms with E-state index in [1.54, 1.807) is 23.2 Å². The van der Waals surface area contributed by atoms with Crippen LogP contribution in [0.3, 0.4) is 0 Å². The van der Waals surface area contributed by atoms with Gasteiger partial charge in [-0.2, -0.15) is 0 Å². The Morgan fingerprint density at radius 2 is 1.58 bits per heavy atom. The summed E-state index contributed by atoms with van der Waals surface area (Å²) in [5.74, 6) is -0.320. The Bertz CT molecular complexity index is 767. The van der Waals surface area contributed by atoms with Crippen LogP contribution in [0.4, 0.5) is 0 Å². The van der Waals surface area contributed by atoms with E-state index < -0.39 is 6.04 Å². The zero-order chi connectivity index (χ0) is 17.1. The first-order chi connectivity index (χ1) is 11.6. The zero-order valence-electron chi connectivity index (χ0n) is 13.8. The van der Waals surface area contributed by atoms with Crippen LogP contribution in [0.15, 0.2) is 66.9 Å². The predicted octanol–water partition coefficient (Wildman–Crippen LogP) is 3.28. The third-order valence-corrected chi connectivity index (χ3v) is 4.07. The van der Waals surface area contributed by atoms with Crippen LogP contribution < -0.4 is 5.32 Å². The first-order valence-electron chi connectivity index (χ1n) is 8.04. The molecule has 2 aromatic rings. The lowest BCUT2D eigenvalue weighted by molar-refractivity contribution is -0.125. The van der Waals surface area contributed by atoms with Gasteiger partial charge in [0.2, 0.25) is 5.91 Å². The van der Waals surface area contributed by atoms with Crippen molar-refractivity contribution in [1.82, 2.24) is 10.2 Å². The molecule has 1 heterocycles. The summed E-state index contributed by atoms with van der Waals surface area (Å²) >= 11 is 0. The summed E-state index contributed by atoms with van der Waals surface area (Å²) in [5, 5.41) is 2.93. The summed E-state index contributed by atoms with van der Waals surface area (Å²) in [6, 6.07) is 18.1. The molecule has 0 aliphatic carbocycles. The number of hydrogen-bond acceptors (Lipinski definition) is 2. The molecule has 0 unspecified atom stereocenters. The Morgan fingerprint density at radius 3 is 2.17 bits per heavy atom. The largest absolute Gasteiger partial charge is 0.322 e. The molecule has 1 atom stereocenters. The number of benzene rings is 2.